The Labute approximate surface area is 107 Å². The van der Waals surface area contributed by atoms with Gasteiger partial charge in [0.25, 0.3) is 5.56 Å². The maximum Gasteiger partial charge on any atom is 0.343 e. The summed E-state index contributed by atoms with van der Waals surface area (Å²) in [6, 6.07) is 8.79. The van der Waals surface area contributed by atoms with Crippen LogP contribution in [0.2, 0.25) is 0 Å². The van der Waals surface area contributed by atoms with E-state index < -0.39 is 11.5 Å². The molecule has 92 valence electrons. The molecule has 0 saturated carbocycles. The van der Waals surface area contributed by atoms with E-state index in [0.29, 0.717) is 10.7 Å². The Morgan fingerprint density at radius 1 is 1.33 bits per heavy atom. The number of nitrogens with one attached hydrogen (secondary N) is 1. The first-order chi connectivity index (χ1) is 8.63. The Morgan fingerprint density at radius 2 is 2.00 bits per heavy atom. The second-order valence-corrected chi connectivity index (χ2v) is 4.26. The van der Waals surface area contributed by atoms with Crippen molar-refractivity contribution >= 4 is 17.7 Å². The molecule has 0 radical (unpaired) electrons. The summed E-state index contributed by atoms with van der Waals surface area (Å²) in [6.45, 7) is 0. The van der Waals surface area contributed by atoms with E-state index in [2.05, 4.69) is 9.97 Å². The van der Waals surface area contributed by atoms with Gasteiger partial charge in [0.15, 0.2) is 10.7 Å². The fourth-order valence-electron chi connectivity index (χ4n) is 1.55. The summed E-state index contributed by atoms with van der Waals surface area (Å²) in [5, 5.41) is 9.50. The van der Waals surface area contributed by atoms with E-state index in [4.69, 9.17) is 5.11 Å². The molecule has 0 bridgehead atoms. The molecule has 1 aromatic carbocycles. The van der Waals surface area contributed by atoms with Crippen molar-refractivity contribution in [3.8, 4) is 11.3 Å². The highest BCUT2D eigenvalue weighted by molar-refractivity contribution is 7.98. The summed E-state index contributed by atoms with van der Waals surface area (Å²) < 4.78 is 0. The summed E-state index contributed by atoms with van der Waals surface area (Å²) in [6.07, 6.45) is 1.76. The summed E-state index contributed by atoms with van der Waals surface area (Å²) in [5.74, 6) is -1.28. The molecule has 0 fully saturated rings. The minimum atomic E-state index is -1.28. The van der Waals surface area contributed by atoms with Crippen LogP contribution < -0.4 is 5.56 Å². The third kappa shape index (κ3) is 2.28. The smallest absolute Gasteiger partial charge is 0.343 e. The fourth-order valence-corrected chi connectivity index (χ4v) is 1.93. The van der Waals surface area contributed by atoms with Crippen LogP contribution in [0.1, 0.15) is 10.4 Å². The highest BCUT2D eigenvalue weighted by Gasteiger charge is 2.19. The lowest BCUT2D eigenvalue weighted by Gasteiger charge is -2.06. The van der Waals surface area contributed by atoms with Gasteiger partial charge in [-0.2, -0.15) is 0 Å². The molecule has 6 heteroatoms. The van der Waals surface area contributed by atoms with Crippen molar-refractivity contribution in [3.63, 3.8) is 0 Å². The largest absolute Gasteiger partial charge is 0.477 e. The number of thioether (sulfide) groups is 1. The number of rotatable bonds is 3. The Kier molecular flexibility index (Phi) is 3.47. The van der Waals surface area contributed by atoms with Crippen LogP contribution in [-0.4, -0.2) is 27.3 Å². The van der Waals surface area contributed by atoms with Gasteiger partial charge in [-0.05, 0) is 6.26 Å². The molecule has 2 rings (SSSR count). The minimum absolute atomic E-state index is 0.191. The summed E-state index contributed by atoms with van der Waals surface area (Å²) in [5.41, 5.74) is -0.174. The molecule has 0 saturated heterocycles. The number of carboxylic acids is 1. The Hall–Kier alpha value is -2.08. The van der Waals surface area contributed by atoms with Crippen LogP contribution in [0.5, 0.6) is 0 Å². The van der Waals surface area contributed by atoms with Gasteiger partial charge in [-0.25, -0.2) is 9.78 Å². The van der Waals surface area contributed by atoms with Crippen molar-refractivity contribution < 1.29 is 9.90 Å². The maximum atomic E-state index is 11.7. The third-order valence-electron chi connectivity index (χ3n) is 2.35. The molecule has 2 N–H and O–H groups in total. The van der Waals surface area contributed by atoms with Gasteiger partial charge < -0.3 is 10.1 Å². The monoisotopic (exact) mass is 262 g/mol. The zero-order chi connectivity index (χ0) is 13.1. The molecular formula is C12H10N2O3S. The van der Waals surface area contributed by atoms with Crippen molar-refractivity contribution in [2.45, 2.75) is 5.16 Å². The predicted molar refractivity (Wildman–Crippen MR) is 69.0 cm³/mol. The first-order valence-electron chi connectivity index (χ1n) is 5.10. The van der Waals surface area contributed by atoms with Crippen molar-refractivity contribution in [1.82, 2.24) is 9.97 Å². The highest BCUT2D eigenvalue weighted by atomic mass is 32.2. The third-order valence-corrected chi connectivity index (χ3v) is 2.93. The molecule has 0 amide bonds. The Morgan fingerprint density at radius 3 is 2.56 bits per heavy atom. The average Bonchev–Trinajstić information content (AvgIpc) is 2.38. The van der Waals surface area contributed by atoms with E-state index in [-0.39, 0.29) is 11.3 Å². The molecule has 0 aliphatic carbocycles. The number of hydrogen-bond acceptors (Lipinski definition) is 4. The lowest BCUT2D eigenvalue weighted by atomic mass is 10.1. The van der Waals surface area contributed by atoms with Crippen molar-refractivity contribution in [2.75, 3.05) is 6.26 Å². The van der Waals surface area contributed by atoms with E-state index in [1.807, 2.05) is 6.07 Å². The van der Waals surface area contributed by atoms with Gasteiger partial charge in [0, 0.05) is 5.56 Å². The number of H-pyrrole nitrogens is 1. The summed E-state index contributed by atoms with van der Waals surface area (Å²) >= 11 is 1.25. The van der Waals surface area contributed by atoms with Crippen LogP contribution in [0.4, 0.5) is 0 Å². The zero-order valence-corrected chi connectivity index (χ0v) is 10.3. The number of aromatic carboxylic acids is 1. The molecule has 0 unspecified atom stereocenters. The van der Waals surface area contributed by atoms with Crippen LogP contribution in [0.3, 0.4) is 0 Å². The molecule has 5 nitrogen and oxygen atoms in total. The quantitative estimate of drug-likeness (QED) is 0.651. The van der Waals surface area contributed by atoms with E-state index in [0.717, 1.165) is 0 Å². The number of benzene rings is 1. The van der Waals surface area contributed by atoms with Gasteiger partial charge in [-0.15, -0.1) is 0 Å². The van der Waals surface area contributed by atoms with Crippen LogP contribution in [0.25, 0.3) is 11.3 Å². The second-order valence-electron chi connectivity index (χ2n) is 3.47. The van der Waals surface area contributed by atoms with Gasteiger partial charge in [0.1, 0.15) is 0 Å². The maximum absolute atomic E-state index is 11.7. The van der Waals surface area contributed by atoms with Crippen molar-refractivity contribution in [3.05, 3.63) is 46.2 Å². The first-order valence-corrected chi connectivity index (χ1v) is 6.33. The minimum Gasteiger partial charge on any atom is -0.477 e. The predicted octanol–water partition coefficient (Wildman–Crippen LogP) is 1.86. The molecule has 18 heavy (non-hydrogen) atoms. The number of nitrogens with zero attached hydrogens (tertiary/aromatic N) is 1. The number of carbonyl (C=O) groups is 1. The second kappa shape index (κ2) is 5.05. The van der Waals surface area contributed by atoms with Gasteiger partial charge >= 0.3 is 5.97 Å². The van der Waals surface area contributed by atoms with E-state index in [1.54, 1.807) is 30.5 Å². The lowest BCUT2D eigenvalue weighted by molar-refractivity contribution is 0.0695. The zero-order valence-electron chi connectivity index (χ0n) is 9.51. The summed E-state index contributed by atoms with van der Waals surface area (Å²) in [4.78, 5) is 29.5. The highest BCUT2D eigenvalue weighted by Crippen LogP contribution is 2.20. The van der Waals surface area contributed by atoms with Gasteiger partial charge in [-0.1, -0.05) is 42.1 Å². The van der Waals surface area contributed by atoms with Gasteiger partial charge in [0.05, 0.1) is 5.69 Å². The fraction of sp³-hybridized carbons (Fsp3) is 0.0833. The van der Waals surface area contributed by atoms with E-state index in [9.17, 15) is 9.59 Å². The van der Waals surface area contributed by atoms with Crippen molar-refractivity contribution in [2.24, 2.45) is 0 Å². The number of aromatic amines is 1. The Balaban J connectivity index is 2.75. The Bertz CT molecular complexity index is 638. The van der Waals surface area contributed by atoms with Crippen LogP contribution >= 0.6 is 11.8 Å². The number of hydrogen-bond donors (Lipinski definition) is 2. The van der Waals surface area contributed by atoms with Gasteiger partial charge in [-0.3, -0.25) is 4.79 Å². The molecule has 1 heterocycles. The van der Waals surface area contributed by atoms with Crippen LogP contribution in [-0.2, 0) is 0 Å². The molecular weight excluding hydrogens is 252 g/mol. The van der Waals surface area contributed by atoms with E-state index >= 15 is 0 Å². The first kappa shape index (κ1) is 12.4. The number of carboxylic acid groups (broad SMARTS) is 1. The SMILES string of the molecule is CSc1nc(-c2ccccc2)c(C(=O)O)c(=O)[nH]1. The lowest BCUT2D eigenvalue weighted by Crippen LogP contribution is -2.21. The van der Waals surface area contributed by atoms with Crippen molar-refractivity contribution in [1.29, 1.82) is 0 Å². The van der Waals surface area contributed by atoms with Crippen LogP contribution in [0, 0.1) is 0 Å². The molecule has 0 spiro atoms. The normalized spacial score (nSPS) is 10.3. The molecule has 0 aliphatic heterocycles. The standard InChI is InChI=1S/C12H10N2O3S/c1-18-12-13-9(7-5-3-2-4-6-7)8(11(16)17)10(15)14-12/h2-6H,1H3,(H,16,17)(H,13,14,15). The average molecular weight is 262 g/mol. The molecule has 2 aromatic rings. The van der Waals surface area contributed by atoms with E-state index in [1.165, 1.54) is 11.8 Å². The molecule has 0 aliphatic rings. The molecule has 1 aromatic heterocycles. The van der Waals surface area contributed by atoms with Gasteiger partial charge in [0.2, 0.25) is 0 Å². The molecule has 0 atom stereocenters. The summed E-state index contributed by atoms with van der Waals surface area (Å²) in [7, 11) is 0. The topological polar surface area (TPSA) is 83.0 Å². The van der Waals surface area contributed by atoms with Crippen LogP contribution in [0.15, 0.2) is 40.3 Å². The number of aromatic nitrogens is 2.